The van der Waals surface area contributed by atoms with Crippen molar-refractivity contribution in [1.29, 1.82) is 0 Å². The van der Waals surface area contributed by atoms with E-state index in [1.54, 1.807) is 12.1 Å². The van der Waals surface area contributed by atoms with Gasteiger partial charge in [0.25, 0.3) is 0 Å². The van der Waals surface area contributed by atoms with Crippen molar-refractivity contribution in [3.63, 3.8) is 0 Å². The maximum absolute atomic E-state index is 11.2. The molecule has 2 rings (SSSR count). The second kappa shape index (κ2) is 7.61. The Hall–Kier alpha value is -1.11. The Morgan fingerprint density at radius 3 is 2.85 bits per heavy atom. The fourth-order valence-electron chi connectivity index (χ4n) is 2.24. The molecule has 1 aromatic carbocycles. The van der Waals surface area contributed by atoms with Crippen molar-refractivity contribution in [2.75, 3.05) is 44.7 Å². The summed E-state index contributed by atoms with van der Waals surface area (Å²) >= 11 is 3.28. The number of hydrogen-bond acceptors (Lipinski definition) is 4. The number of morpholine rings is 1. The zero-order valence-electron chi connectivity index (χ0n) is 11.3. The van der Waals surface area contributed by atoms with Gasteiger partial charge in [0.1, 0.15) is 0 Å². The van der Waals surface area contributed by atoms with Crippen LogP contribution in [-0.4, -0.2) is 55.4 Å². The fourth-order valence-corrected chi connectivity index (χ4v) is 2.78. The molecule has 1 saturated heterocycles. The molecule has 1 aliphatic rings. The quantitative estimate of drug-likeness (QED) is 0.776. The molecule has 5 nitrogen and oxygen atoms in total. The molecule has 20 heavy (non-hydrogen) atoms. The molecule has 0 aromatic heterocycles. The lowest BCUT2D eigenvalue weighted by Gasteiger charge is -2.26. The van der Waals surface area contributed by atoms with E-state index in [1.807, 2.05) is 6.07 Å². The summed E-state index contributed by atoms with van der Waals surface area (Å²) in [5, 5.41) is 12.4. The van der Waals surface area contributed by atoms with Gasteiger partial charge in [0.05, 0.1) is 18.8 Å². The molecule has 1 aliphatic heterocycles. The van der Waals surface area contributed by atoms with Gasteiger partial charge < -0.3 is 15.2 Å². The third kappa shape index (κ3) is 4.19. The van der Waals surface area contributed by atoms with Crippen LogP contribution in [0.2, 0.25) is 0 Å². The first-order valence-corrected chi connectivity index (χ1v) is 7.53. The number of anilines is 1. The van der Waals surface area contributed by atoms with Crippen LogP contribution in [-0.2, 0) is 4.74 Å². The Morgan fingerprint density at radius 1 is 1.40 bits per heavy atom. The van der Waals surface area contributed by atoms with E-state index in [0.717, 1.165) is 45.8 Å². The first kappa shape index (κ1) is 15.3. The van der Waals surface area contributed by atoms with Crippen molar-refractivity contribution >= 4 is 27.6 Å². The standard InChI is InChI=1S/C14H19BrN2O3/c15-11-3-1-4-12(13(11)14(18)19)16-5-2-6-17-7-9-20-10-8-17/h1,3-4,16H,2,5-10H2,(H,18,19). The number of aromatic carboxylic acids is 1. The average Bonchev–Trinajstić information content (AvgIpc) is 2.44. The number of hydrogen-bond donors (Lipinski definition) is 2. The van der Waals surface area contributed by atoms with Gasteiger partial charge in [-0.1, -0.05) is 6.07 Å². The van der Waals surface area contributed by atoms with Gasteiger partial charge in [-0.25, -0.2) is 4.79 Å². The second-order valence-corrected chi connectivity index (χ2v) is 5.56. The van der Waals surface area contributed by atoms with Crippen molar-refractivity contribution in [1.82, 2.24) is 4.90 Å². The van der Waals surface area contributed by atoms with Crippen molar-refractivity contribution in [3.05, 3.63) is 28.2 Å². The Morgan fingerprint density at radius 2 is 2.15 bits per heavy atom. The summed E-state index contributed by atoms with van der Waals surface area (Å²) in [6, 6.07) is 5.37. The van der Waals surface area contributed by atoms with E-state index in [-0.39, 0.29) is 0 Å². The van der Waals surface area contributed by atoms with Gasteiger partial charge in [-0.2, -0.15) is 0 Å². The maximum atomic E-state index is 11.2. The molecule has 2 N–H and O–H groups in total. The van der Waals surface area contributed by atoms with E-state index in [0.29, 0.717) is 15.7 Å². The molecule has 1 aromatic rings. The van der Waals surface area contributed by atoms with Crippen LogP contribution in [0.4, 0.5) is 5.69 Å². The predicted molar refractivity (Wildman–Crippen MR) is 81.5 cm³/mol. The molecule has 0 unspecified atom stereocenters. The molecule has 1 heterocycles. The van der Waals surface area contributed by atoms with Gasteiger partial charge in [0.15, 0.2) is 0 Å². The van der Waals surface area contributed by atoms with Gasteiger partial charge in [0.2, 0.25) is 0 Å². The van der Waals surface area contributed by atoms with Crippen LogP contribution in [0.5, 0.6) is 0 Å². The van der Waals surface area contributed by atoms with E-state index in [9.17, 15) is 9.90 Å². The third-order valence-corrected chi connectivity index (χ3v) is 3.96. The minimum Gasteiger partial charge on any atom is -0.478 e. The molecular formula is C14H19BrN2O3. The minimum absolute atomic E-state index is 0.291. The van der Waals surface area contributed by atoms with Crippen molar-refractivity contribution in [3.8, 4) is 0 Å². The lowest BCUT2D eigenvalue weighted by Crippen LogP contribution is -2.37. The van der Waals surface area contributed by atoms with Crippen LogP contribution in [0.15, 0.2) is 22.7 Å². The van der Waals surface area contributed by atoms with E-state index < -0.39 is 5.97 Å². The summed E-state index contributed by atoms with van der Waals surface area (Å²) in [6.07, 6.45) is 0.978. The van der Waals surface area contributed by atoms with Crippen LogP contribution >= 0.6 is 15.9 Å². The van der Waals surface area contributed by atoms with Crippen LogP contribution in [0.1, 0.15) is 16.8 Å². The first-order valence-electron chi connectivity index (χ1n) is 6.74. The molecule has 110 valence electrons. The van der Waals surface area contributed by atoms with Gasteiger partial charge in [-0.3, -0.25) is 4.90 Å². The fraction of sp³-hybridized carbons (Fsp3) is 0.500. The SMILES string of the molecule is O=C(O)c1c(Br)cccc1NCCCN1CCOCC1. The summed E-state index contributed by atoms with van der Waals surface area (Å²) in [5.74, 6) is -0.923. The van der Waals surface area contributed by atoms with E-state index in [2.05, 4.69) is 26.1 Å². The zero-order chi connectivity index (χ0) is 14.4. The van der Waals surface area contributed by atoms with Crippen LogP contribution in [0.3, 0.4) is 0 Å². The Balaban J connectivity index is 1.82. The molecule has 1 fully saturated rings. The van der Waals surface area contributed by atoms with Gasteiger partial charge in [0, 0.05) is 29.8 Å². The average molecular weight is 343 g/mol. The van der Waals surface area contributed by atoms with E-state index >= 15 is 0 Å². The highest BCUT2D eigenvalue weighted by atomic mass is 79.9. The van der Waals surface area contributed by atoms with Crippen LogP contribution in [0.25, 0.3) is 0 Å². The minimum atomic E-state index is -0.923. The summed E-state index contributed by atoms with van der Waals surface area (Å²) in [5.41, 5.74) is 0.952. The summed E-state index contributed by atoms with van der Waals surface area (Å²) in [6.45, 7) is 5.35. The monoisotopic (exact) mass is 342 g/mol. The number of carboxylic acid groups (broad SMARTS) is 1. The smallest absolute Gasteiger partial charge is 0.338 e. The van der Waals surface area contributed by atoms with E-state index in [1.165, 1.54) is 0 Å². The molecule has 0 bridgehead atoms. The second-order valence-electron chi connectivity index (χ2n) is 4.70. The number of rotatable bonds is 6. The largest absolute Gasteiger partial charge is 0.478 e. The van der Waals surface area contributed by atoms with Gasteiger partial charge in [-0.15, -0.1) is 0 Å². The van der Waals surface area contributed by atoms with Crippen LogP contribution in [0, 0.1) is 0 Å². The summed E-state index contributed by atoms with van der Waals surface area (Å²) in [7, 11) is 0. The first-order chi connectivity index (χ1) is 9.68. The summed E-state index contributed by atoms with van der Waals surface area (Å²) in [4.78, 5) is 13.6. The van der Waals surface area contributed by atoms with Crippen LogP contribution < -0.4 is 5.32 Å². The molecular weight excluding hydrogens is 324 g/mol. The number of benzene rings is 1. The number of ether oxygens (including phenoxy) is 1. The van der Waals surface area contributed by atoms with E-state index in [4.69, 9.17) is 4.74 Å². The molecule has 0 atom stereocenters. The topological polar surface area (TPSA) is 61.8 Å². The van der Waals surface area contributed by atoms with Crippen molar-refractivity contribution < 1.29 is 14.6 Å². The number of carboxylic acids is 1. The number of carbonyl (C=O) groups is 1. The molecule has 0 saturated carbocycles. The lowest BCUT2D eigenvalue weighted by atomic mass is 10.2. The molecule has 0 amide bonds. The Labute approximate surface area is 127 Å². The number of nitrogens with one attached hydrogen (secondary N) is 1. The number of halogens is 1. The normalized spacial score (nSPS) is 16.1. The third-order valence-electron chi connectivity index (χ3n) is 3.30. The summed E-state index contributed by atoms with van der Waals surface area (Å²) < 4.78 is 5.90. The van der Waals surface area contributed by atoms with Crippen molar-refractivity contribution in [2.24, 2.45) is 0 Å². The molecule has 6 heteroatoms. The highest BCUT2D eigenvalue weighted by molar-refractivity contribution is 9.10. The number of nitrogens with zero attached hydrogens (tertiary/aromatic N) is 1. The zero-order valence-corrected chi connectivity index (χ0v) is 12.9. The molecule has 0 spiro atoms. The predicted octanol–water partition coefficient (Wildman–Crippen LogP) is 2.28. The van der Waals surface area contributed by atoms with Gasteiger partial charge >= 0.3 is 5.97 Å². The van der Waals surface area contributed by atoms with Crippen molar-refractivity contribution in [2.45, 2.75) is 6.42 Å². The molecule has 0 aliphatic carbocycles. The highest BCUT2D eigenvalue weighted by Crippen LogP contribution is 2.24. The lowest BCUT2D eigenvalue weighted by molar-refractivity contribution is 0.0378. The van der Waals surface area contributed by atoms with Gasteiger partial charge in [-0.05, 0) is 41.0 Å². The Kier molecular flexibility index (Phi) is 5.82. The molecule has 0 radical (unpaired) electrons. The highest BCUT2D eigenvalue weighted by Gasteiger charge is 2.14. The maximum Gasteiger partial charge on any atom is 0.338 e. The Bertz CT molecular complexity index is 462.